The topological polar surface area (TPSA) is 140 Å². The van der Waals surface area contributed by atoms with E-state index in [1.54, 1.807) is 0 Å². The Kier molecular flexibility index (Phi) is 8.21. The number of aromatic nitrogens is 4. The maximum atomic E-state index is 13.1. The molecular formula is C22H30N6O4S. The molecule has 0 bridgehead atoms. The van der Waals surface area contributed by atoms with Crippen LogP contribution < -0.4 is 21.9 Å². The van der Waals surface area contributed by atoms with Crippen molar-refractivity contribution in [2.45, 2.75) is 59.4 Å². The number of carbonyl (C=O) groups is 1. The summed E-state index contributed by atoms with van der Waals surface area (Å²) in [5.41, 5.74) is 5.03. The summed E-state index contributed by atoms with van der Waals surface area (Å²) >= 11 is 1.52. The zero-order valence-corrected chi connectivity index (χ0v) is 20.0. The van der Waals surface area contributed by atoms with Gasteiger partial charge in [-0.3, -0.25) is 19.1 Å². The number of nitrogen functional groups attached to an aromatic ring is 1. The number of H-pyrrole nitrogens is 1. The van der Waals surface area contributed by atoms with Gasteiger partial charge in [0.2, 0.25) is 17.6 Å². The molecule has 0 fully saturated rings. The zero-order valence-electron chi connectivity index (χ0n) is 19.2. The van der Waals surface area contributed by atoms with Crippen LogP contribution in [0.3, 0.4) is 0 Å². The number of amides is 1. The first-order chi connectivity index (χ1) is 15.8. The molecule has 3 rings (SSSR count). The molecule has 0 saturated carbocycles. The van der Waals surface area contributed by atoms with Crippen LogP contribution in [-0.2, 0) is 17.8 Å². The Balaban J connectivity index is 1.75. The number of anilines is 2. The van der Waals surface area contributed by atoms with Crippen LogP contribution in [0, 0.1) is 5.92 Å². The number of nitrogens with one attached hydrogen (secondary N) is 1. The first-order valence-electron chi connectivity index (χ1n) is 11.1. The molecule has 0 spiro atoms. The van der Waals surface area contributed by atoms with E-state index < -0.39 is 11.2 Å². The minimum atomic E-state index is -0.656. The first-order valence-corrected chi connectivity index (χ1v) is 12.0. The third-order valence-corrected chi connectivity index (χ3v) is 5.92. The summed E-state index contributed by atoms with van der Waals surface area (Å²) in [5, 5.41) is 5.92. The standard InChI is InChI=1S/C22H30N6O4S/c1-4-5-11-27-19(23)18(21(30)25-22(27)31)28(13-14(2)3)17(29)10-6-9-16-24-20(26-32-16)15-8-7-12-33-15/h7-8,12,14H,4-6,9-11,13,23H2,1-3H3,(H,25,30,31). The summed E-state index contributed by atoms with van der Waals surface area (Å²) in [6.07, 6.45) is 2.65. The van der Waals surface area contributed by atoms with Crippen molar-refractivity contribution in [1.29, 1.82) is 0 Å². The Morgan fingerprint density at radius 3 is 2.79 bits per heavy atom. The molecule has 0 aliphatic heterocycles. The normalized spacial score (nSPS) is 11.3. The van der Waals surface area contributed by atoms with E-state index in [1.165, 1.54) is 20.8 Å². The van der Waals surface area contributed by atoms with Gasteiger partial charge >= 0.3 is 5.69 Å². The van der Waals surface area contributed by atoms with E-state index in [0.717, 1.165) is 17.7 Å². The van der Waals surface area contributed by atoms with E-state index in [2.05, 4.69) is 15.1 Å². The number of unbranched alkanes of at least 4 members (excludes halogenated alkanes) is 1. The van der Waals surface area contributed by atoms with Crippen molar-refractivity contribution in [1.82, 2.24) is 19.7 Å². The third-order valence-electron chi connectivity index (χ3n) is 5.06. The Hall–Kier alpha value is -3.21. The maximum Gasteiger partial charge on any atom is 0.330 e. The molecule has 0 aliphatic rings. The number of thiophene rings is 1. The van der Waals surface area contributed by atoms with Gasteiger partial charge in [-0.2, -0.15) is 4.98 Å². The highest BCUT2D eigenvalue weighted by atomic mass is 32.1. The van der Waals surface area contributed by atoms with Gasteiger partial charge in [0.05, 0.1) is 4.88 Å². The largest absolute Gasteiger partial charge is 0.383 e. The van der Waals surface area contributed by atoms with Crippen molar-refractivity contribution < 1.29 is 9.32 Å². The minimum absolute atomic E-state index is 0.0173. The summed E-state index contributed by atoms with van der Waals surface area (Å²) in [4.78, 5) is 47.0. The second-order valence-corrected chi connectivity index (χ2v) is 9.19. The van der Waals surface area contributed by atoms with Crippen LogP contribution in [0.25, 0.3) is 10.7 Å². The zero-order chi connectivity index (χ0) is 24.0. The van der Waals surface area contributed by atoms with Crippen LogP contribution in [0.5, 0.6) is 0 Å². The van der Waals surface area contributed by atoms with Crippen molar-refractivity contribution in [2.24, 2.45) is 5.92 Å². The molecule has 3 heterocycles. The molecular weight excluding hydrogens is 444 g/mol. The Morgan fingerprint density at radius 2 is 2.12 bits per heavy atom. The average molecular weight is 475 g/mol. The number of aryl methyl sites for hydroxylation is 1. The molecule has 0 unspecified atom stereocenters. The number of nitrogens with two attached hydrogens (primary N) is 1. The van der Waals surface area contributed by atoms with Crippen LogP contribution in [0.4, 0.5) is 11.5 Å². The number of carbonyl (C=O) groups excluding carboxylic acids is 1. The highest BCUT2D eigenvalue weighted by Crippen LogP contribution is 2.23. The third kappa shape index (κ3) is 5.98. The van der Waals surface area contributed by atoms with Crippen LogP contribution >= 0.6 is 11.3 Å². The molecule has 3 aromatic heterocycles. The predicted molar refractivity (Wildman–Crippen MR) is 128 cm³/mol. The van der Waals surface area contributed by atoms with Crippen LogP contribution in [0.2, 0.25) is 0 Å². The van der Waals surface area contributed by atoms with Gasteiger partial charge in [0, 0.05) is 25.9 Å². The number of nitrogens with zero attached hydrogens (tertiary/aromatic N) is 4. The summed E-state index contributed by atoms with van der Waals surface area (Å²) in [7, 11) is 0. The molecule has 0 aromatic carbocycles. The molecule has 11 heteroatoms. The Morgan fingerprint density at radius 1 is 1.33 bits per heavy atom. The molecule has 1 amide bonds. The van der Waals surface area contributed by atoms with Gasteiger partial charge in [-0.1, -0.05) is 38.4 Å². The van der Waals surface area contributed by atoms with Gasteiger partial charge in [-0.25, -0.2) is 4.79 Å². The van der Waals surface area contributed by atoms with E-state index in [9.17, 15) is 14.4 Å². The highest BCUT2D eigenvalue weighted by Gasteiger charge is 2.25. The number of aromatic amines is 1. The molecule has 0 radical (unpaired) electrons. The van der Waals surface area contributed by atoms with Crippen LogP contribution in [0.15, 0.2) is 31.6 Å². The van der Waals surface area contributed by atoms with Gasteiger partial charge in [0.1, 0.15) is 5.82 Å². The van der Waals surface area contributed by atoms with Gasteiger partial charge in [-0.15, -0.1) is 11.3 Å². The lowest BCUT2D eigenvalue weighted by atomic mass is 10.1. The fraction of sp³-hybridized carbons (Fsp3) is 0.500. The highest BCUT2D eigenvalue weighted by molar-refractivity contribution is 7.13. The number of hydrogen-bond acceptors (Lipinski definition) is 8. The quantitative estimate of drug-likeness (QED) is 0.435. The first kappa shape index (κ1) is 24.4. The molecule has 0 atom stereocenters. The van der Waals surface area contributed by atoms with Crippen molar-refractivity contribution >= 4 is 28.7 Å². The summed E-state index contributed by atoms with van der Waals surface area (Å²) < 4.78 is 6.62. The van der Waals surface area contributed by atoms with Crippen molar-refractivity contribution in [3.05, 3.63) is 44.2 Å². The minimum Gasteiger partial charge on any atom is -0.383 e. The van der Waals surface area contributed by atoms with E-state index in [4.69, 9.17) is 10.3 Å². The Bertz CT molecular complexity index is 1180. The summed E-state index contributed by atoms with van der Waals surface area (Å²) in [6, 6.07) is 3.82. The van der Waals surface area contributed by atoms with Gasteiger partial charge in [0.15, 0.2) is 5.69 Å². The fourth-order valence-electron chi connectivity index (χ4n) is 3.45. The molecule has 178 valence electrons. The van der Waals surface area contributed by atoms with Crippen molar-refractivity contribution in [2.75, 3.05) is 17.2 Å². The lowest BCUT2D eigenvalue weighted by Crippen LogP contribution is -2.42. The van der Waals surface area contributed by atoms with Gasteiger partial charge in [0.25, 0.3) is 5.56 Å². The van der Waals surface area contributed by atoms with Crippen LogP contribution in [0.1, 0.15) is 52.3 Å². The lowest BCUT2D eigenvalue weighted by molar-refractivity contribution is -0.118. The molecule has 33 heavy (non-hydrogen) atoms. The van der Waals surface area contributed by atoms with Crippen molar-refractivity contribution in [3.63, 3.8) is 0 Å². The molecule has 10 nitrogen and oxygen atoms in total. The summed E-state index contributed by atoms with van der Waals surface area (Å²) in [5.74, 6) is 0.838. The second kappa shape index (κ2) is 11.1. The average Bonchev–Trinajstić information content (AvgIpc) is 3.44. The monoisotopic (exact) mass is 474 g/mol. The smallest absolute Gasteiger partial charge is 0.330 e. The predicted octanol–water partition coefficient (Wildman–Crippen LogP) is 3.04. The Labute approximate surface area is 195 Å². The van der Waals surface area contributed by atoms with Crippen molar-refractivity contribution in [3.8, 4) is 10.7 Å². The van der Waals surface area contributed by atoms with E-state index >= 15 is 0 Å². The maximum absolute atomic E-state index is 13.1. The lowest BCUT2D eigenvalue weighted by Gasteiger charge is -2.26. The van der Waals surface area contributed by atoms with E-state index in [0.29, 0.717) is 37.6 Å². The molecule has 3 aromatic rings. The van der Waals surface area contributed by atoms with Gasteiger partial charge < -0.3 is 15.2 Å². The van der Waals surface area contributed by atoms with Gasteiger partial charge in [-0.05, 0) is 30.2 Å². The second-order valence-electron chi connectivity index (χ2n) is 8.24. The van der Waals surface area contributed by atoms with E-state index in [1.807, 2.05) is 38.3 Å². The fourth-order valence-corrected chi connectivity index (χ4v) is 4.10. The molecule has 3 N–H and O–H groups in total. The number of rotatable bonds is 11. The van der Waals surface area contributed by atoms with E-state index in [-0.39, 0.29) is 29.8 Å². The number of hydrogen-bond donors (Lipinski definition) is 2. The van der Waals surface area contributed by atoms with Crippen LogP contribution in [-0.4, -0.2) is 32.1 Å². The SMILES string of the molecule is CCCCn1c(N)c(N(CC(C)C)C(=O)CCCc2nc(-c3cccs3)no2)c(=O)[nH]c1=O. The molecule has 0 saturated heterocycles. The molecule has 0 aliphatic carbocycles. The summed E-state index contributed by atoms with van der Waals surface area (Å²) in [6.45, 7) is 6.57.